The number of rotatable bonds is 7. The van der Waals surface area contributed by atoms with E-state index in [9.17, 15) is 4.79 Å². The third kappa shape index (κ3) is 4.98. The average molecular weight is 300 g/mol. The van der Waals surface area contributed by atoms with Crippen LogP contribution in [0.2, 0.25) is 0 Å². The molecular weight excluding hydrogens is 276 g/mol. The van der Waals surface area contributed by atoms with E-state index in [1.165, 1.54) is 31.3 Å². The number of nitrogens with zero attached hydrogens (tertiary/aromatic N) is 2. The highest BCUT2D eigenvalue weighted by molar-refractivity contribution is 5.92. The van der Waals surface area contributed by atoms with Gasteiger partial charge in [0.15, 0.2) is 0 Å². The summed E-state index contributed by atoms with van der Waals surface area (Å²) in [6.45, 7) is 6.67. The van der Waals surface area contributed by atoms with Gasteiger partial charge in [-0.1, -0.05) is 17.7 Å². The van der Waals surface area contributed by atoms with Crippen LogP contribution in [-0.4, -0.2) is 29.0 Å². The minimum absolute atomic E-state index is 0.205. The smallest absolute Gasteiger partial charge is 0.270 e. The maximum absolute atomic E-state index is 11.9. The van der Waals surface area contributed by atoms with E-state index in [-0.39, 0.29) is 5.91 Å². The van der Waals surface area contributed by atoms with Gasteiger partial charge >= 0.3 is 0 Å². The van der Waals surface area contributed by atoms with E-state index in [1.807, 2.05) is 6.92 Å². The number of anilines is 1. The first-order valence-corrected chi connectivity index (χ1v) is 7.85. The van der Waals surface area contributed by atoms with Gasteiger partial charge in [-0.2, -0.15) is 0 Å². The minimum atomic E-state index is -0.205. The van der Waals surface area contributed by atoms with E-state index in [1.54, 1.807) is 12.1 Å². The van der Waals surface area contributed by atoms with Crippen molar-refractivity contribution in [1.82, 2.24) is 15.3 Å². The quantitative estimate of drug-likeness (QED) is 0.760. The van der Waals surface area contributed by atoms with Crippen molar-refractivity contribution >= 4 is 11.9 Å². The molecule has 0 atom stereocenters. The molecule has 0 spiro atoms. The van der Waals surface area contributed by atoms with Crippen molar-refractivity contribution in [2.45, 2.75) is 39.0 Å². The molecular formula is C17H24N4O. The molecule has 1 amide bonds. The molecule has 0 bridgehead atoms. The molecule has 1 aromatic rings. The SMILES string of the molecule is C=CCNC(=O)c1cc(C)nc(NCCC2=CCCCC2)n1. The van der Waals surface area contributed by atoms with E-state index in [0.29, 0.717) is 18.2 Å². The molecule has 0 saturated heterocycles. The molecule has 1 aliphatic rings. The van der Waals surface area contributed by atoms with Gasteiger partial charge in [0.25, 0.3) is 5.91 Å². The van der Waals surface area contributed by atoms with Crippen LogP contribution in [0.15, 0.2) is 30.4 Å². The largest absolute Gasteiger partial charge is 0.354 e. The Morgan fingerprint density at radius 1 is 1.41 bits per heavy atom. The molecule has 0 unspecified atom stereocenters. The second-order valence-electron chi connectivity index (χ2n) is 5.50. The molecule has 1 heterocycles. The van der Waals surface area contributed by atoms with Crippen molar-refractivity contribution in [2.24, 2.45) is 0 Å². The van der Waals surface area contributed by atoms with Gasteiger partial charge in [-0.25, -0.2) is 9.97 Å². The summed E-state index contributed by atoms with van der Waals surface area (Å²) in [7, 11) is 0. The monoisotopic (exact) mass is 300 g/mol. The Balaban J connectivity index is 1.92. The molecule has 1 aliphatic carbocycles. The van der Waals surface area contributed by atoms with Gasteiger partial charge in [-0.3, -0.25) is 4.79 Å². The standard InChI is InChI=1S/C17H24N4O/c1-3-10-18-16(22)15-12-13(2)20-17(21-15)19-11-9-14-7-5-4-6-8-14/h3,7,12H,1,4-6,8-11H2,2H3,(H,18,22)(H,19,20,21). The van der Waals surface area contributed by atoms with E-state index < -0.39 is 0 Å². The van der Waals surface area contributed by atoms with Crippen LogP contribution in [0.25, 0.3) is 0 Å². The van der Waals surface area contributed by atoms with Crippen LogP contribution < -0.4 is 10.6 Å². The summed E-state index contributed by atoms with van der Waals surface area (Å²) in [4.78, 5) is 20.6. The first-order chi connectivity index (χ1) is 10.7. The van der Waals surface area contributed by atoms with Gasteiger partial charge < -0.3 is 10.6 Å². The van der Waals surface area contributed by atoms with E-state index in [0.717, 1.165) is 18.7 Å². The van der Waals surface area contributed by atoms with Crippen molar-refractivity contribution in [3.63, 3.8) is 0 Å². The summed E-state index contributed by atoms with van der Waals surface area (Å²) < 4.78 is 0. The van der Waals surface area contributed by atoms with Gasteiger partial charge in [0.2, 0.25) is 5.95 Å². The number of hydrogen-bond acceptors (Lipinski definition) is 4. The summed E-state index contributed by atoms with van der Waals surface area (Å²) in [6.07, 6.45) is 9.99. The predicted octanol–water partition coefficient (Wildman–Crippen LogP) is 3.00. The number of carbonyl (C=O) groups is 1. The number of amides is 1. The zero-order valence-electron chi connectivity index (χ0n) is 13.2. The molecule has 0 fully saturated rings. The van der Waals surface area contributed by atoms with Crippen molar-refractivity contribution in [2.75, 3.05) is 18.4 Å². The number of allylic oxidation sites excluding steroid dienone is 1. The zero-order chi connectivity index (χ0) is 15.8. The van der Waals surface area contributed by atoms with Crippen LogP contribution in [0.4, 0.5) is 5.95 Å². The molecule has 0 aromatic carbocycles. The number of hydrogen-bond donors (Lipinski definition) is 2. The lowest BCUT2D eigenvalue weighted by molar-refractivity contribution is 0.0953. The molecule has 1 aromatic heterocycles. The first-order valence-electron chi connectivity index (χ1n) is 7.85. The molecule has 0 aliphatic heterocycles. The Morgan fingerprint density at radius 3 is 3.00 bits per heavy atom. The fourth-order valence-electron chi connectivity index (χ4n) is 2.49. The lowest BCUT2D eigenvalue weighted by atomic mass is 9.97. The maximum atomic E-state index is 11.9. The van der Waals surface area contributed by atoms with Crippen LogP contribution in [-0.2, 0) is 0 Å². The Hall–Kier alpha value is -2.17. The van der Waals surface area contributed by atoms with Crippen LogP contribution in [0.3, 0.4) is 0 Å². The van der Waals surface area contributed by atoms with Gasteiger partial charge in [-0.05, 0) is 45.1 Å². The summed E-state index contributed by atoms with van der Waals surface area (Å²) in [5.41, 5.74) is 2.67. The van der Waals surface area contributed by atoms with Gasteiger partial charge in [0, 0.05) is 18.8 Å². The summed E-state index contributed by atoms with van der Waals surface area (Å²) in [6, 6.07) is 1.69. The first kappa shape index (κ1) is 16.2. The topological polar surface area (TPSA) is 66.9 Å². The van der Waals surface area contributed by atoms with E-state index in [2.05, 4.69) is 33.3 Å². The number of aromatic nitrogens is 2. The Morgan fingerprint density at radius 2 is 2.27 bits per heavy atom. The lowest BCUT2D eigenvalue weighted by Crippen LogP contribution is -2.25. The van der Waals surface area contributed by atoms with Crippen molar-refractivity contribution in [3.05, 3.63) is 41.8 Å². The normalized spacial score (nSPS) is 14.1. The van der Waals surface area contributed by atoms with Crippen molar-refractivity contribution in [1.29, 1.82) is 0 Å². The number of carbonyl (C=O) groups excluding carboxylic acids is 1. The Kier molecular flexibility index (Phi) is 6.13. The van der Waals surface area contributed by atoms with Gasteiger partial charge in [0.05, 0.1) is 0 Å². The number of aryl methyl sites for hydroxylation is 1. The molecule has 5 heteroatoms. The highest BCUT2D eigenvalue weighted by Crippen LogP contribution is 2.19. The summed E-state index contributed by atoms with van der Waals surface area (Å²) in [5.74, 6) is 0.309. The molecule has 0 saturated carbocycles. The van der Waals surface area contributed by atoms with Crippen LogP contribution in [0.5, 0.6) is 0 Å². The highest BCUT2D eigenvalue weighted by Gasteiger charge is 2.10. The minimum Gasteiger partial charge on any atom is -0.354 e. The molecule has 2 N–H and O–H groups in total. The lowest BCUT2D eigenvalue weighted by Gasteiger charge is -2.13. The second-order valence-corrected chi connectivity index (χ2v) is 5.50. The average Bonchev–Trinajstić information content (AvgIpc) is 2.53. The Labute approximate surface area is 131 Å². The molecule has 5 nitrogen and oxygen atoms in total. The third-order valence-electron chi connectivity index (χ3n) is 3.61. The summed E-state index contributed by atoms with van der Waals surface area (Å²) in [5, 5.41) is 5.95. The fraction of sp³-hybridized carbons (Fsp3) is 0.471. The van der Waals surface area contributed by atoms with Crippen molar-refractivity contribution in [3.8, 4) is 0 Å². The predicted molar refractivity (Wildman–Crippen MR) is 89.0 cm³/mol. The van der Waals surface area contributed by atoms with Crippen LogP contribution >= 0.6 is 0 Å². The van der Waals surface area contributed by atoms with Gasteiger partial charge in [-0.15, -0.1) is 6.58 Å². The maximum Gasteiger partial charge on any atom is 0.270 e. The van der Waals surface area contributed by atoms with E-state index >= 15 is 0 Å². The third-order valence-corrected chi connectivity index (χ3v) is 3.61. The Bertz CT molecular complexity index is 566. The highest BCUT2D eigenvalue weighted by atomic mass is 16.1. The van der Waals surface area contributed by atoms with E-state index in [4.69, 9.17) is 0 Å². The van der Waals surface area contributed by atoms with Crippen molar-refractivity contribution < 1.29 is 4.79 Å². The summed E-state index contributed by atoms with van der Waals surface area (Å²) >= 11 is 0. The number of nitrogens with one attached hydrogen (secondary N) is 2. The molecule has 22 heavy (non-hydrogen) atoms. The van der Waals surface area contributed by atoms with Crippen LogP contribution in [0.1, 0.15) is 48.3 Å². The second kappa shape index (κ2) is 8.32. The fourth-order valence-corrected chi connectivity index (χ4v) is 2.49. The molecule has 0 radical (unpaired) electrons. The zero-order valence-corrected chi connectivity index (χ0v) is 13.2. The van der Waals surface area contributed by atoms with Crippen LogP contribution in [0, 0.1) is 6.92 Å². The van der Waals surface area contributed by atoms with Gasteiger partial charge in [0.1, 0.15) is 5.69 Å². The molecule has 2 rings (SSSR count). The molecule has 118 valence electrons.